The molecule has 0 saturated heterocycles. The van der Waals surface area contributed by atoms with Crippen molar-refractivity contribution in [3.8, 4) is 0 Å². The zero-order valence-corrected chi connectivity index (χ0v) is 12.5. The molecule has 22 heavy (non-hydrogen) atoms. The van der Waals surface area contributed by atoms with Gasteiger partial charge in [0.15, 0.2) is 16.8 Å². The van der Waals surface area contributed by atoms with Crippen LogP contribution in [0, 0.1) is 6.92 Å². The molecule has 0 aliphatic rings. The fraction of sp³-hybridized carbons (Fsp3) is 0.0588. The molecule has 1 heterocycles. The molecule has 2 aromatic carbocycles. The van der Waals surface area contributed by atoms with Gasteiger partial charge in [0, 0.05) is 11.8 Å². The van der Waals surface area contributed by atoms with Gasteiger partial charge in [-0.15, -0.1) is 0 Å². The Hall–Kier alpha value is -2.59. The normalized spacial score (nSPS) is 10.6. The highest BCUT2D eigenvalue weighted by atomic mass is 35.5. The third kappa shape index (κ3) is 2.61. The van der Waals surface area contributed by atoms with E-state index in [4.69, 9.17) is 16.0 Å². The second-order valence-electron chi connectivity index (χ2n) is 4.86. The van der Waals surface area contributed by atoms with Crippen molar-refractivity contribution in [2.45, 2.75) is 6.92 Å². The van der Waals surface area contributed by atoms with Crippen LogP contribution in [0.5, 0.6) is 0 Å². The van der Waals surface area contributed by atoms with E-state index in [1.54, 1.807) is 24.3 Å². The van der Waals surface area contributed by atoms with E-state index in [1.807, 2.05) is 25.1 Å². The summed E-state index contributed by atoms with van der Waals surface area (Å²) in [6.45, 7) is 1.88. The van der Waals surface area contributed by atoms with Crippen molar-refractivity contribution in [2.75, 3.05) is 5.32 Å². The van der Waals surface area contributed by atoms with Crippen LogP contribution in [-0.4, -0.2) is 5.91 Å². The van der Waals surface area contributed by atoms with Gasteiger partial charge in [-0.1, -0.05) is 35.9 Å². The summed E-state index contributed by atoms with van der Waals surface area (Å²) in [5.74, 6) is -0.568. The summed E-state index contributed by atoms with van der Waals surface area (Å²) in [4.78, 5) is 24.4. The van der Waals surface area contributed by atoms with Crippen LogP contribution >= 0.6 is 11.6 Å². The van der Waals surface area contributed by atoms with Crippen molar-refractivity contribution in [1.29, 1.82) is 0 Å². The smallest absolute Gasteiger partial charge is 0.291 e. The van der Waals surface area contributed by atoms with Gasteiger partial charge in [0.2, 0.25) is 0 Å². The van der Waals surface area contributed by atoms with Crippen LogP contribution in [0.3, 0.4) is 0 Å². The lowest BCUT2D eigenvalue weighted by Crippen LogP contribution is -2.15. The minimum absolute atomic E-state index is 0.0751. The summed E-state index contributed by atoms with van der Waals surface area (Å²) in [6.07, 6.45) is 0. The summed E-state index contributed by atoms with van der Waals surface area (Å²) in [7, 11) is 0. The largest absolute Gasteiger partial charge is 0.449 e. The molecular weight excluding hydrogens is 302 g/mol. The molecule has 0 unspecified atom stereocenters. The van der Waals surface area contributed by atoms with Gasteiger partial charge in [-0.2, -0.15) is 0 Å². The summed E-state index contributed by atoms with van der Waals surface area (Å²) < 4.78 is 5.50. The first kappa shape index (κ1) is 14.4. The average Bonchev–Trinajstić information content (AvgIpc) is 2.50. The molecule has 0 atom stereocenters. The molecule has 5 heteroatoms. The van der Waals surface area contributed by atoms with Crippen LogP contribution < -0.4 is 10.7 Å². The number of amides is 1. The summed E-state index contributed by atoms with van der Waals surface area (Å²) in [6, 6.07) is 13.4. The molecule has 0 saturated carbocycles. The van der Waals surface area contributed by atoms with Gasteiger partial charge >= 0.3 is 0 Å². The Morgan fingerprint density at radius 1 is 1.14 bits per heavy atom. The zero-order chi connectivity index (χ0) is 15.7. The van der Waals surface area contributed by atoms with Gasteiger partial charge in [0.25, 0.3) is 5.91 Å². The predicted octanol–water partition coefficient (Wildman–Crippen LogP) is 4.01. The standard InChI is InChI=1S/C17H12ClNO3/c1-10-5-2-3-8-13(10)19-17(21)15-9-14(20)11-6-4-7-12(18)16(11)22-15/h2-9H,1H3,(H,19,21). The second-order valence-corrected chi connectivity index (χ2v) is 5.27. The first-order chi connectivity index (χ1) is 10.6. The van der Waals surface area contributed by atoms with Gasteiger partial charge in [-0.3, -0.25) is 9.59 Å². The average molecular weight is 314 g/mol. The third-order valence-electron chi connectivity index (χ3n) is 3.32. The lowest BCUT2D eigenvalue weighted by molar-refractivity contribution is 0.0997. The summed E-state index contributed by atoms with van der Waals surface area (Å²) in [5.41, 5.74) is 1.48. The van der Waals surface area contributed by atoms with Gasteiger partial charge < -0.3 is 9.73 Å². The maximum Gasteiger partial charge on any atom is 0.291 e. The number of aryl methyl sites for hydroxylation is 1. The number of nitrogens with one attached hydrogen (secondary N) is 1. The molecule has 1 aromatic heterocycles. The van der Waals surface area contributed by atoms with Crippen molar-refractivity contribution in [3.05, 3.63) is 75.1 Å². The van der Waals surface area contributed by atoms with E-state index < -0.39 is 5.91 Å². The van der Waals surface area contributed by atoms with Gasteiger partial charge in [-0.25, -0.2) is 0 Å². The molecule has 3 rings (SSSR count). The monoisotopic (exact) mass is 313 g/mol. The fourth-order valence-electron chi connectivity index (χ4n) is 2.15. The molecule has 1 N–H and O–H groups in total. The number of carbonyl (C=O) groups excluding carboxylic acids is 1. The number of hydrogen-bond donors (Lipinski definition) is 1. The summed E-state index contributed by atoms with van der Waals surface area (Å²) in [5, 5.41) is 3.36. The predicted molar refractivity (Wildman–Crippen MR) is 86.6 cm³/mol. The van der Waals surface area contributed by atoms with Crippen molar-refractivity contribution in [3.63, 3.8) is 0 Å². The van der Waals surface area contributed by atoms with Crippen LogP contribution in [0.1, 0.15) is 16.1 Å². The molecule has 0 radical (unpaired) electrons. The van der Waals surface area contributed by atoms with Crippen molar-refractivity contribution in [2.24, 2.45) is 0 Å². The third-order valence-corrected chi connectivity index (χ3v) is 3.62. The highest BCUT2D eigenvalue weighted by molar-refractivity contribution is 6.34. The van der Waals surface area contributed by atoms with Crippen LogP contribution in [-0.2, 0) is 0 Å². The van der Waals surface area contributed by atoms with Crippen LogP contribution in [0.15, 0.2) is 57.7 Å². The Kier molecular flexibility index (Phi) is 3.69. The number of carbonyl (C=O) groups is 1. The van der Waals surface area contributed by atoms with E-state index in [9.17, 15) is 9.59 Å². The number of halogens is 1. The lowest BCUT2D eigenvalue weighted by Gasteiger charge is -2.08. The molecule has 0 bridgehead atoms. The van der Waals surface area contributed by atoms with E-state index in [0.717, 1.165) is 5.56 Å². The van der Waals surface area contributed by atoms with Gasteiger partial charge in [-0.05, 0) is 30.7 Å². The number of rotatable bonds is 2. The molecule has 4 nitrogen and oxygen atoms in total. The van der Waals surface area contributed by atoms with Crippen molar-refractivity contribution in [1.82, 2.24) is 0 Å². The molecule has 0 aliphatic heterocycles. The first-order valence-corrected chi connectivity index (χ1v) is 7.03. The molecule has 3 aromatic rings. The van der Waals surface area contributed by atoms with Crippen LogP contribution in [0.25, 0.3) is 11.0 Å². The number of anilines is 1. The lowest BCUT2D eigenvalue weighted by atomic mass is 10.2. The topological polar surface area (TPSA) is 59.3 Å². The number of fused-ring (bicyclic) bond motifs is 1. The van der Waals surface area contributed by atoms with Crippen LogP contribution in [0.4, 0.5) is 5.69 Å². The Morgan fingerprint density at radius 2 is 1.91 bits per heavy atom. The minimum Gasteiger partial charge on any atom is -0.449 e. The van der Waals surface area contributed by atoms with Crippen LogP contribution in [0.2, 0.25) is 5.02 Å². The quantitative estimate of drug-likeness (QED) is 0.777. The fourth-order valence-corrected chi connectivity index (χ4v) is 2.36. The molecular formula is C17H12ClNO3. The van der Waals surface area contributed by atoms with Gasteiger partial charge in [0.05, 0.1) is 10.4 Å². The maximum absolute atomic E-state index is 12.3. The number of hydrogen-bond acceptors (Lipinski definition) is 3. The van der Waals surface area contributed by atoms with Gasteiger partial charge in [0.1, 0.15) is 0 Å². The Morgan fingerprint density at radius 3 is 2.68 bits per heavy atom. The van der Waals surface area contributed by atoms with E-state index in [0.29, 0.717) is 16.1 Å². The zero-order valence-electron chi connectivity index (χ0n) is 11.7. The highest BCUT2D eigenvalue weighted by Crippen LogP contribution is 2.22. The van der Waals surface area contributed by atoms with E-state index >= 15 is 0 Å². The van der Waals surface area contributed by atoms with E-state index in [1.165, 1.54) is 6.07 Å². The van der Waals surface area contributed by atoms with Crippen molar-refractivity contribution < 1.29 is 9.21 Å². The maximum atomic E-state index is 12.3. The number of para-hydroxylation sites is 2. The summed E-state index contributed by atoms with van der Waals surface area (Å²) >= 11 is 6.03. The Bertz CT molecular complexity index is 931. The molecule has 0 aliphatic carbocycles. The highest BCUT2D eigenvalue weighted by Gasteiger charge is 2.14. The first-order valence-electron chi connectivity index (χ1n) is 6.65. The molecule has 0 spiro atoms. The van der Waals surface area contributed by atoms with Crippen molar-refractivity contribution >= 4 is 34.2 Å². The van der Waals surface area contributed by atoms with E-state index in [2.05, 4.69) is 5.32 Å². The second kappa shape index (κ2) is 5.66. The minimum atomic E-state index is -0.492. The molecule has 0 fully saturated rings. The molecule has 1 amide bonds. The SMILES string of the molecule is Cc1ccccc1NC(=O)c1cc(=O)c2cccc(Cl)c2o1. The van der Waals surface area contributed by atoms with E-state index in [-0.39, 0.29) is 16.8 Å². The number of benzene rings is 2. The molecule has 110 valence electrons. The Balaban J connectivity index is 2.03. The Labute approximate surface area is 131 Å².